The molecule has 1 unspecified atom stereocenters. The SMILES string of the molecule is Cc1ccc2c(c1)[nH]c(=S)n2CC1CCC(=O)N1. The lowest BCUT2D eigenvalue weighted by molar-refractivity contribution is -0.119. The summed E-state index contributed by atoms with van der Waals surface area (Å²) in [5, 5.41) is 2.98. The summed E-state index contributed by atoms with van der Waals surface area (Å²) in [4.78, 5) is 14.4. The van der Waals surface area contributed by atoms with Crippen molar-refractivity contribution in [2.75, 3.05) is 0 Å². The van der Waals surface area contributed by atoms with Gasteiger partial charge in [0.2, 0.25) is 5.91 Å². The number of amides is 1. The molecule has 0 radical (unpaired) electrons. The fourth-order valence-corrected chi connectivity index (χ4v) is 2.78. The van der Waals surface area contributed by atoms with Crippen molar-refractivity contribution in [3.63, 3.8) is 0 Å². The van der Waals surface area contributed by atoms with E-state index in [1.54, 1.807) is 0 Å². The number of rotatable bonds is 2. The number of nitrogens with one attached hydrogen (secondary N) is 2. The Morgan fingerprint density at radius 2 is 2.33 bits per heavy atom. The van der Waals surface area contributed by atoms with Crippen LogP contribution in [0.3, 0.4) is 0 Å². The monoisotopic (exact) mass is 261 g/mol. The Hall–Kier alpha value is -1.62. The molecule has 2 aromatic rings. The number of nitrogens with zero attached hydrogens (tertiary/aromatic N) is 1. The van der Waals surface area contributed by atoms with Crippen LogP contribution >= 0.6 is 12.2 Å². The lowest BCUT2D eigenvalue weighted by atomic mass is 10.2. The van der Waals surface area contributed by atoms with Gasteiger partial charge in [0.15, 0.2) is 4.77 Å². The molecule has 1 aromatic heterocycles. The van der Waals surface area contributed by atoms with E-state index < -0.39 is 0 Å². The molecule has 1 atom stereocenters. The Morgan fingerprint density at radius 3 is 3.06 bits per heavy atom. The first kappa shape index (κ1) is 11.5. The summed E-state index contributed by atoms with van der Waals surface area (Å²) >= 11 is 5.35. The van der Waals surface area contributed by atoms with Crippen molar-refractivity contribution in [3.05, 3.63) is 28.5 Å². The maximum absolute atomic E-state index is 11.2. The van der Waals surface area contributed by atoms with E-state index in [4.69, 9.17) is 12.2 Å². The number of aromatic nitrogens is 2. The molecule has 2 N–H and O–H groups in total. The number of H-pyrrole nitrogens is 1. The molecule has 1 amide bonds. The molecule has 0 bridgehead atoms. The summed E-state index contributed by atoms with van der Waals surface area (Å²) < 4.78 is 2.79. The molecule has 1 aliphatic heterocycles. The molecule has 94 valence electrons. The molecule has 1 aliphatic rings. The van der Waals surface area contributed by atoms with E-state index >= 15 is 0 Å². The highest BCUT2D eigenvalue weighted by Crippen LogP contribution is 2.18. The van der Waals surface area contributed by atoms with Crippen molar-refractivity contribution >= 4 is 29.2 Å². The van der Waals surface area contributed by atoms with E-state index in [1.165, 1.54) is 5.56 Å². The van der Waals surface area contributed by atoms with Crippen LogP contribution in [0.1, 0.15) is 18.4 Å². The third-order valence-electron chi connectivity index (χ3n) is 3.42. The first-order valence-electron chi connectivity index (χ1n) is 6.12. The van der Waals surface area contributed by atoms with Crippen LogP contribution in [0.5, 0.6) is 0 Å². The highest BCUT2D eigenvalue weighted by atomic mass is 32.1. The first-order valence-corrected chi connectivity index (χ1v) is 6.53. The molecule has 0 aliphatic carbocycles. The van der Waals surface area contributed by atoms with Gasteiger partial charge in [0, 0.05) is 19.0 Å². The number of aromatic amines is 1. The smallest absolute Gasteiger partial charge is 0.220 e. The van der Waals surface area contributed by atoms with Crippen LogP contribution in [0.2, 0.25) is 0 Å². The maximum atomic E-state index is 11.2. The number of hydrogen-bond donors (Lipinski definition) is 2. The molecule has 1 saturated heterocycles. The standard InChI is InChI=1S/C13H15N3OS/c1-8-2-4-11-10(6-8)15-13(18)16(11)7-9-3-5-12(17)14-9/h2,4,6,9H,3,5,7H2,1H3,(H,14,17)(H,15,18). The summed E-state index contributed by atoms with van der Waals surface area (Å²) in [5.41, 5.74) is 3.37. The molecule has 5 heteroatoms. The van der Waals surface area contributed by atoms with Crippen LogP contribution in [0.15, 0.2) is 18.2 Å². The number of hydrogen-bond acceptors (Lipinski definition) is 2. The molecule has 2 heterocycles. The topological polar surface area (TPSA) is 49.8 Å². The Bertz CT molecular complexity index is 670. The molecule has 4 nitrogen and oxygen atoms in total. The second kappa shape index (κ2) is 4.24. The number of benzene rings is 1. The van der Waals surface area contributed by atoms with Crippen LogP contribution in [-0.4, -0.2) is 21.5 Å². The molecule has 3 rings (SSSR count). The Labute approximate surface area is 110 Å². The summed E-state index contributed by atoms with van der Waals surface area (Å²) in [6.45, 7) is 2.80. The summed E-state index contributed by atoms with van der Waals surface area (Å²) in [7, 11) is 0. The van der Waals surface area contributed by atoms with E-state index in [1.807, 2.05) is 0 Å². The molecule has 0 spiro atoms. The predicted octanol–water partition coefficient (Wildman–Crippen LogP) is 2.29. The van der Waals surface area contributed by atoms with Gasteiger partial charge in [0.25, 0.3) is 0 Å². The average Bonchev–Trinajstić information content (AvgIpc) is 2.84. The second-order valence-electron chi connectivity index (χ2n) is 4.86. The fourth-order valence-electron chi connectivity index (χ4n) is 2.49. The molecular weight excluding hydrogens is 246 g/mol. The minimum atomic E-state index is 0.141. The summed E-state index contributed by atoms with van der Waals surface area (Å²) in [6.07, 6.45) is 1.51. The van der Waals surface area contributed by atoms with E-state index in [9.17, 15) is 4.79 Å². The van der Waals surface area contributed by atoms with Gasteiger partial charge in [-0.2, -0.15) is 0 Å². The number of fused-ring (bicyclic) bond motifs is 1. The second-order valence-corrected chi connectivity index (χ2v) is 5.25. The molecule has 18 heavy (non-hydrogen) atoms. The average molecular weight is 261 g/mol. The van der Waals surface area contributed by atoms with Crippen molar-refractivity contribution in [1.29, 1.82) is 0 Å². The fraction of sp³-hybridized carbons (Fsp3) is 0.385. The van der Waals surface area contributed by atoms with E-state index in [2.05, 4.69) is 40.0 Å². The van der Waals surface area contributed by atoms with Crippen LogP contribution in [0, 0.1) is 11.7 Å². The minimum absolute atomic E-state index is 0.141. The summed E-state index contributed by atoms with van der Waals surface area (Å²) in [6, 6.07) is 6.45. The third kappa shape index (κ3) is 1.95. The lowest BCUT2D eigenvalue weighted by Gasteiger charge is -2.11. The zero-order valence-corrected chi connectivity index (χ0v) is 11.0. The lowest BCUT2D eigenvalue weighted by Crippen LogP contribution is -2.29. The zero-order chi connectivity index (χ0) is 12.7. The van der Waals surface area contributed by atoms with Crippen LogP contribution in [-0.2, 0) is 11.3 Å². The van der Waals surface area contributed by atoms with Gasteiger partial charge in [-0.15, -0.1) is 0 Å². The number of imidazole rings is 1. The first-order chi connectivity index (χ1) is 8.63. The predicted molar refractivity (Wildman–Crippen MR) is 73.0 cm³/mol. The van der Waals surface area contributed by atoms with Gasteiger partial charge >= 0.3 is 0 Å². The minimum Gasteiger partial charge on any atom is -0.352 e. The number of aryl methyl sites for hydroxylation is 1. The van der Waals surface area contributed by atoms with Gasteiger partial charge in [-0.25, -0.2) is 0 Å². The summed E-state index contributed by atoms with van der Waals surface area (Å²) in [5.74, 6) is 0.141. The van der Waals surface area contributed by atoms with Crippen LogP contribution in [0.4, 0.5) is 0 Å². The Kier molecular flexibility index (Phi) is 2.70. The van der Waals surface area contributed by atoms with E-state index in [0.717, 1.165) is 28.8 Å². The van der Waals surface area contributed by atoms with Crippen LogP contribution < -0.4 is 5.32 Å². The van der Waals surface area contributed by atoms with Crippen LogP contribution in [0.25, 0.3) is 11.0 Å². The maximum Gasteiger partial charge on any atom is 0.220 e. The molecule has 1 aromatic carbocycles. The van der Waals surface area contributed by atoms with Gasteiger partial charge in [-0.1, -0.05) is 6.07 Å². The molecule has 1 fully saturated rings. The van der Waals surface area contributed by atoms with E-state index in [0.29, 0.717) is 6.42 Å². The van der Waals surface area contributed by atoms with Crippen molar-refractivity contribution in [3.8, 4) is 0 Å². The molecule has 0 saturated carbocycles. The van der Waals surface area contributed by atoms with Gasteiger partial charge in [0.05, 0.1) is 11.0 Å². The highest BCUT2D eigenvalue weighted by Gasteiger charge is 2.21. The van der Waals surface area contributed by atoms with Crippen molar-refractivity contribution in [2.45, 2.75) is 32.4 Å². The van der Waals surface area contributed by atoms with Gasteiger partial charge in [-0.3, -0.25) is 4.79 Å². The third-order valence-corrected chi connectivity index (χ3v) is 3.74. The van der Waals surface area contributed by atoms with Gasteiger partial charge in [-0.05, 0) is 43.3 Å². The quantitative estimate of drug-likeness (QED) is 0.815. The van der Waals surface area contributed by atoms with Gasteiger partial charge in [0.1, 0.15) is 0 Å². The normalized spacial score (nSPS) is 19.4. The van der Waals surface area contributed by atoms with E-state index in [-0.39, 0.29) is 11.9 Å². The van der Waals surface area contributed by atoms with Crippen molar-refractivity contribution in [2.24, 2.45) is 0 Å². The number of carbonyl (C=O) groups is 1. The Morgan fingerprint density at radius 1 is 1.50 bits per heavy atom. The highest BCUT2D eigenvalue weighted by molar-refractivity contribution is 7.71. The Balaban J connectivity index is 1.98. The largest absolute Gasteiger partial charge is 0.352 e. The number of carbonyl (C=O) groups excluding carboxylic acids is 1. The van der Waals surface area contributed by atoms with Gasteiger partial charge < -0.3 is 14.9 Å². The van der Waals surface area contributed by atoms with Crippen molar-refractivity contribution in [1.82, 2.24) is 14.9 Å². The molecular formula is C13H15N3OS. The zero-order valence-electron chi connectivity index (χ0n) is 10.2. The van der Waals surface area contributed by atoms with Crippen molar-refractivity contribution < 1.29 is 4.79 Å².